The summed E-state index contributed by atoms with van der Waals surface area (Å²) in [6.45, 7) is -0.461. The average Bonchev–Trinajstić information content (AvgIpc) is 2.32. The van der Waals surface area contributed by atoms with E-state index in [4.69, 9.17) is 10.2 Å². The molecule has 0 aromatic rings. The number of rotatable bonds is 2. The molecule has 0 bridgehead atoms. The second-order valence-electron chi connectivity index (χ2n) is 2.00. The van der Waals surface area contributed by atoms with Crippen molar-refractivity contribution >= 4 is 5.97 Å². The monoisotopic (exact) mass is 156 g/mol. The first kappa shape index (κ1) is 7.97. The SMILES string of the molecule is O=C1C=C(CO)/C(=C/CO)O1. The van der Waals surface area contributed by atoms with Crippen LogP contribution in [0.3, 0.4) is 0 Å². The maximum Gasteiger partial charge on any atom is 0.336 e. The molecule has 1 heterocycles. The summed E-state index contributed by atoms with van der Waals surface area (Å²) in [5.74, 6) is -0.256. The van der Waals surface area contributed by atoms with E-state index in [-0.39, 0.29) is 19.0 Å². The Morgan fingerprint density at radius 1 is 1.55 bits per heavy atom. The Bertz CT molecular complexity index is 227. The van der Waals surface area contributed by atoms with E-state index in [1.807, 2.05) is 0 Å². The van der Waals surface area contributed by atoms with Gasteiger partial charge in [0.15, 0.2) is 0 Å². The highest BCUT2D eigenvalue weighted by Gasteiger charge is 2.18. The molecule has 0 spiro atoms. The molecule has 1 aliphatic rings. The van der Waals surface area contributed by atoms with Gasteiger partial charge in [-0.25, -0.2) is 4.79 Å². The number of hydrogen-bond acceptors (Lipinski definition) is 4. The first-order chi connectivity index (χ1) is 5.27. The highest BCUT2D eigenvalue weighted by atomic mass is 16.5. The molecule has 0 amide bonds. The van der Waals surface area contributed by atoms with Gasteiger partial charge in [0.1, 0.15) is 5.76 Å². The summed E-state index contributed by atoms with van der Waals surface area (Å²) >= 11 is 0. The van der Waals surface area contributed by atoms with Crippen LogP contribution >= 0.6 is 0 Å². The molecule has 4 heteroatoms. The fourth-order valence-corrected chi connectivity index (χ4v) is 0.796. The third kappa shape index (κ3) is 1.66. The van der Waals surface area contributed by atoms with Gasteiger partial charge in [-0.1, -0.05) is 0 Å². The number of carbonyl (C=O) groups is 1. The minimum Gasteiger partial charge on any atom is -0.423 e. The molecule has 0 aromatic carbocycles. The van der Waals surface area contributed by atoms with Crippen molar-refractivity contribution in [2.24, 2.45) is 0 Å². The predicted octanol–water partition coefficient (Wildman–Crippen LogP) is -0.662. The van der Waals surface area contributed by atoms with E-state index < -0.39 is 5.97 Å². The molecule has 1 aliphatic heterocycles. The second kappa shape index (κ2) is 3.32. The molecule has 1 rings (SSSR count). The van der Waals surface area contributed by atoms with Crippen LogP contribution in [0.4, 0.5) is 0 Å². The van der Waals surface area contributed by atoms with Gasteiger partial charge in [0.05, 0.1) is 13.2 Å². The Balaban J connectivity index is 2.79. The number of esters is 1. The van der Waals surface area contributed by atoms with Crippen LogP contribution < -0.4 is 0 Å². The van der Waals surface area contributed by atoms with Gasteiger partial charge < -0.3 is 14.9 Å². The maximum atomic E-state index is 10.6. The van der Waals surface area contributed by atoms with E-state index >= 15 is 0 Å². The lowest BCUT2D eigenvalue weighted by Gasteiger charge is -1.98. The van der Waals surface area contributed by atoms with Gasteiger partial charge in [0, 0.05) is 11.6 Å². The molecule has 0 aromatic heterocycles. The lowest BCUT2D eigenvalue weighted by molar-refractivity contribution is -0.132. The third-order valence-electron chi connectivity index (χ3n) is 1.27. The van der Waals surface area contributed by atoms with Crippen LogP contribution in [0.25, 0.3) is 0 Å². The second-order valence-corrected chi connectivity index (χ2v) is 2.00. The number of hydrogen-bond donors (Lipinski definition) is 2. The van der Waals surface area contributed by atoms with Crippen LogP contribution in [0.5, 0.6) is 0 Å². The normalized spacial score (nSPS) is 20.4. The number of cyclic esters (lactones) is 1. The highest BCUT2D eigenvalue weighted by Crippen LogP contribution is 2.17. The van der Waals surface area contributed by atoms with Crippen molar-refractivity contribution in [2.45, 2.75) is 0 Å². The summed E-state index contributed by atoms with van der Waals surface area (Å²) in [6.07, 6.45) is 2.52. The molecule has 11 heavy (non-hydrogen) atoms. The van der Waals surface area contributed by atoms with Gasteiger partial charge in [-0.05, 0) is 6.08 Å². The van der Waals surface area contributed by atoms with Gasteiger partial charge in [0.25, 0.3) is 0 Å². The topological polar surface area (TPSA) is 66.8 Å². The fourth-order valence-electron chi connectivity index (χ4n) is 0.796. The van der Waals surface area contributed by atoms with Crippen molar-refractivity contribution in [3.8, 4) is 0 Å². The number of ether oxygens (including phenoxy) is 1. The minimum atomic E-state index is -0.506. The first-order valence-corrected chi connectivity index (χ1v) is 3.12. The lowest BCUT2D eigenvalue weighted by Crippen LogP contribution is -1.94. The van der Waals surface area contributed by atoms with Gasteiger partial charge in [-0.2, -0.15) is 0 Å². The van der Waals surface area contributed by atoms with E-state index in [0.29, 0.717) is 5.57 Å². The molecule has 0 atom stereocenters. The Labute approximate surface area is 63.4 Å². The summed E-state index contributed by atoms with van der Waals surface area (Å²) in [7, 11) is 0. The first-order valence-electron chi connectivity index (χ1n) is 3.12. The minimum absolute atomic E-state index is 0.208. The van der Waals surface area contributed by atoms with Crippen LogP contribution in [0.15, 0.2) is 23.5 Å². The Morgan fingerprint density at radius 2 is 2.27 bits per heavy atom. The van der Waals surface area contributed by atoms with Gasteiger partial charge in [-0.3, -0.25) is 0 Å². The Morgan fingerprint density at radius 3 is 2.82 bits per heavy atom. The summed E-state index contributed by atoms with van der Waals surface area (Å²) in [5.41, 5.74) is 0.407. The zero-order valence-corrected chi connectivity index (χ0v) is 5.78. The molecule has 2 N–H and O–H groups in total. The van der Waals surface area contributed by atoms with Gasteiger partial charge in [-0.15, -0.1) is 0 Å². The fraction of sp³-hybridized carbons (Fsp3) is 0.286. The molecule has 0 radical (unpaired) electrons. The largest absolute Gasteiger partial charge is 0.423 e. The van der Waals surface area contributed by atoms with Gasteiger partial charge >= 0.3 is 5.97 Å². The van der Waals surface area contributed by atoms with Crippen LogP contribution in [0.2, 0.25) is 0 Å². The van der Waals surface area contributed by atoms with E-state index in [9.17, 15) is 4.79 Å². The molecular formula is C7H8O4. The quantitative estimate of drug-likeness (QED) is 0.521. The van der Waals surface area contributed by atoms with Gasteiger partial charge in [0.2, 0.25) is 0 Å². The van der Waals surface area contributed by atoms with Crippen molar-refractivity contribution in [1.82, 2.24) is 0 Å². The van der Waals surface area contributed by atoms with Crippen molar-refractivity contribution in [2.75, 3.05) is 13.2 Å². The summed E-state index contributed by atoms with van der Waals surface area (Å²) in [5, 5.41) is 17.1. The zero-order valence-electron chi connectivity index (χ0n) is 5.78. The lowest BCUT2D eigenvalue weighted by atomic mass is 10.2. The molecule has 0 saturated heterocycles. The van der Waals surface area contributed by atoms with Crippen molar-refractivity contribution in [3.63, 3.8) is 0 Å². The summed E-state index contributed by atoms with van der Waals surface area (Å²) in [4.78, 5) is 10.6. The Kier molecular flexibility index (Phi) is 2.40. The Hall–Kier alpha value is -1.13. The molecule has 0 saturated carbocycles. The van der Waals surface area contributed by atoms with E-state index in [2.05, 4.69) is 4.74 Å². The molecule has 60 valence electrons. The third-order valence-corrected chi connectivity index (χ3v) is 1.27. The predicted molar refractivity (Wildman–Crippen MR) is 36.4 cm³/mol. The van der Waals surface area contributed by atoms with Crippen LogP contribution in [-0.4, -0.2) is 29.4 Å². The van der Waals surface area contributed by atoms with E-state index in [1.54, 1.807) is 0 Å². The van der Waals surface area contributed by atoms with Crippen LogP contribution in [-0.2, 0) is 9.53 Å². The molecular weight excluding hydrogens is 148 g/mol. The zero-order chi connectivity index (χ0) is 8.27. The van der Waals surface area contributed by atoms with Crippen molar-refractivity contribution in [1.29, 1.82) is 0 Å². The standard InChI is InChI=1S/C7H8O4/c8-2-1-6-5(4-9)3-7(10)11-6/h1,3,8-9H,2,4H2/b6-1-. The maximum absolute atomic E-state index is 10.6. The summed E-state index contributed by atoms with van der Waals surface area (Å²) < 4.78 is 4.61. The van der Waals surface area contributed by atoms with E-state index in [1.165, 1.54) is 12.2 Å². The highest BCUT2D eigenvalue weighted by molar-refractivity contribution is 5.88. The molecule has 0 fully saturated rings. The van der Waals surface area contributed by atoms with Crippen molar-refractivity contribution in [3.05, 3.63) is 23.5 Å². The summed E-state index contributed by atoms with van der Waals surface area (Å²) in [6, 6.07) is 0. The molecule has 0 unspecified atom stereocenters. The average molecular weight is 156 g/mol. The number of aliphatic hydroxyl groups is 2. The van der Waals surface area contributed by atoms with E-state index in [0.717, 1.165) is 0 Å². The molecule has 0 aliphatic carbocycles. The van der Waals surface area contributed by atoms with Crippen LogP contribution in [0.1, 0.15) is 0 Å². The van der Waals surface area contributed by atoms with Crippen molar-refractivity contribution < 1.29 is 19.7 Å². The number of aliphatic hydroxyl groups excluding tert-OH is 2. The van der Waals surface area contributed by atoms with Crippen LogP contribution in [0, 0.1) is 0 Å². The molecule has 4 nitrogen and oxygen atoms in total. The number of carbonyl (C=O) groups excluding carboxylic acids is 1. The smallest absolute Gasteiger partial charge is 0.336 e.